The summed E-state index contributed by atoms with van der Waals surface area (Å²) in [5.41, 5.74) is 0.709. The number of carbonyl (C=O) groups is 1. The summed E-state index contributed by atoms with van der Waals surface area (Å²) in [7, 11) is 1.75. The smallest absolute Gasteiger partial charge is 0.321 e. The molecule has 2 aromatic heterocycles. The molecule has 0 radical (unpaired) electrons. The highest BCUT2D eigenvalue weighted by Crippen LogP contribution is 2.30. The number of aryl methyl sites for hydroxylation is 2. The number of nitrogens with one attached hydrogen (secondary N) is 1. The van der Waals surface area contributed by atoms with Crippen LogP contribution in [0.1, 0.15) is 21.6 Å². The Bertz CT molecular complexity index is 948. The number of halogens is 3. The molecule has 1 amide bonds. The van der Waals surface area contributed by atoms with E-state index in [0.29, 0.717) is 17.1 Å². The molecule has 26 heavy (non-hydrogen) atoms. The van der Waals surface area contributed by atoms with Gasteiger partial charge in [0.25, 0.3) is 5.91 Å². The first kappa shape index (κ1) is 17.6. The molecule has 0 aliphatic rings. The van der Waals surface area contributed by atoms with Gasteiger partial charge in [-0.3, -0.25) is 4.79 Å². The molecule has 0 fully saturated rings. The second-order valence-corrected chi connectivity index (χ2v) is 5.66. The van der Waals surface area contributed by atoms with Gasteiger partial charge in [0.15, 0.2) is 5.82 Å². The molecule has 0 aliphatic heterocycles. The molecule has 6 nitrogen and oxygen atoms in total. The van der Waals surface area contributed by atoms with Gasteiger partial charge in [0.1, 0.15) is 17.7 Å². The summed E-state index contributed by atoms with van der Waals surface area (Å²) in [6, 6.07) is 7.65. The lowest BCUT2D eigenvalue weighted by Gasteiger charge is -2.10. The first-order valence-electron chi connectivity index (χ1n) is 7.56. The van der Waals surface area contributed by atoms with E-state index in [9.17, 15) is 18.0 Å². The van der Waals surface area contributed by atoms with Gasteiger partial charge in [-0.2, -0.15) is 13.2 Å². The maximum Gasteiger partial charge on any atom is 0.416 e. The monoisotopic (exact) mass is 361 g/mol. The molecule has 0 saturated heterocycles. The summed E-state index contributed by atoms with van der Waals surface area (Å²) in [5.74, 6) is -0.0279. The van der Waals surface area contributed by atoms with E-state index in [-0.39, 0.29) is 11.4 Å². The fraction of sp³-hybridized carbons (Fsp3) is 0.176. The summed E-state index contributed by atoms with van der Waals surface area (Å²) in [6.45, 7) is 1.72. The van der Waals surface area contributed by atoms with Gasteiger partial charge in [0.2, 0.25) is 0 Å². The maximum atomic E-state index is 12.6. The average molecular weight is 361 g/mol. The molecule has 2 heterocycles. The van der Waals surface area contributed by atoms with Crippen molar-refractivity contribution in [3.8, 4) is 11.5 Å². The number of amides is 1. The summed E-state index contributed by atoms with van der Waals surface area (Å²) >= 11 is 0. The van der Waals surface area contributed by atoms with Gasteiger partial charge < -0.3 is 9.88 Å². The third-order valence-electron chi connectivity index (χ3n) is 3.72. The lowest BCUT2D eigenvalue weighted by atomic mass is 10.1. The standard InChI is InChI=1S/C17H14F3N5O/c1-10-3-8-13(15-24-21-9-25(15)2)23-14(10)16(26)22-12-6-4-11(5-7-12)17(18,19)20/h3-9H,1-2H3,(H,22,26). The van der Waals surface area contributed by atoms with E-state index in [1.54, 1.807) is 30.7 Å². The van der Waals surface area contributed by atoms with Crippen molar-refractivity contribution < 1.29 is 18.0 Å². The molecule has 1 aromatic carbocycles. The van der Waals surface area contributed by atoms with E-state index in [4.69, 9.17) is 0 Å². The Hall–Kier alpha value is -3.23. The van der Waals surface area contributed by atoms with Crippen molar-refractivity contribution in [2.24, 2.45) is 7.05 Å². The molecule has 1 N–H and O–H groups in total. The normalized spacial score (nSPS) is 11.4. The highest BCUT2D eigenvalue weighted by Gasteiger charge is 2.30. The van der Waals surface area contributed by atoms with E-state index in [1.807, 2.05) is 0 Å². The third kappa shape index (κ3) is 3.56. The van der Waals surface area contributed by atoms with E-state index in [2.05, 4.69) is 20.5 Å². The molecular weight excluding hydrogens is 347 g/mol. The van der Waals surface area contributed by atoms with Crippen molar-refractivity contribution in [1.29, 1.82) is 0 Å². The SMILES string of the molecule is Cc1ccc(-c2nncn2C)nc1C(=O)Nc1ccc(C(F)(F)F)cc1. The van der Waals surface area contributed by atoms with Gasteiger partial charge in [-0.15, -0.1) is 10.2 Å². The molecule has 0 spiro atoms. The number of aromatic nitrogens is 4. The van der Waals surface area contributed by atoms with Crippen molar-refractivity contribution in [2.75, 3.05) is 5.32 Å². The zero-order valence-corrected chi connectivity index (χ0v) is 13.9. The van der Waals surface area contributed by atoms with Gasteiger partial charge in [-0.05, 0) is 42.8 Å². The highest BCUT2D eigenvalue weighted by molar-refractivity contribution is 6.04. The van der Waals surface area contributed by atoms with Gasteiger partial charge in [-0.1, -0.05) is 6.07 Å². The van der Waals surface area contributed by atoms with E-state index in [1.165, 1.54) is 18.5 Å². The number of pyridine rings is 1. The quantitative estimate of drug-likeness (QED) is 0.775. The van der Waals surface area contributed by atoms with Crippen LogP contribution in [0, 0.1) is 6.92 Å². The van der Waals surface area contributed by atoms with Gasteiger partial charge >= 0.3 is 6.18 Å². The van der Waals surface area contributed by atoms with Crippen molar-refractivity contribution in [2.45, 2.75) is 13.1 Å². The minimum Gasteiger partial charge on any atom is -0.321 e. The number of rotatable bonds is 3. The Labute approximate surface area is 146 Å². The Morgan fingerprint density at radius 2 is 1.81 bits per heavy atom. The van der Waals surface area contributed by atoms with Crippen LogP contribution in [0.4, 0.5) is 18.9 Å². The van der Waals surface area contributed by atoms with Crippen LogP contribution in [0.2, 0.25) is 0 Å². The highest BCUT2D eigenvalue weighted by atomic mass is 19.4. The fourth-order valence-electron chi connectivity index (χ4n) is 2.33. The van der Waals surface area contributed by atoms with Gasteiger partial charge in [0.05, 0.1) is 5.56 Å². The molecule has 0 saturated carbocycles. The Morgan fingerprint density at radius 3 is 2.38 bits per heavy atom. The maximum absolute atomic E-state index is 12.6. The second-order valence-electron chi connectivity index (χ2n) is 5.66. The summed E-state index contributed by atoms with van der Waals surface area (Å²) < 4.78 is 39.5. The first-order chi connectivity index (χ1) is 12.3. The van der Waals surface area contributed by atoms with E-state index in [0.717, 1.165) is 12.1 Å². The molecule has 3 rings (SSSR count). The van der Waals surface area contributed by atoms with E-state index < -0.39 is 17.6 Å². The number of carbonyl (C=O) groups excluding carboxylic acids is 1. The number of benzene rings is 1. The molecule has 0 unspecified atom stereocenters. The number of hydrogen-bond donors (Lipinski definition) is 1. The third-order valence-corrected chi connectivity index (χ3v) is 3.72. The first-order valence-corrected chi connectivity index (χ1v) is 7.56. The largest absolute Gasteiger partial charge is 0.416 e. The Kier molecular flexibility index (Phi) is 4.45. The van der Waals surface area contributed by atoms with Gasteiger partial charge in [0, 0.05) is 12.7 Å². The van der Waals surface area contributed by atoms with Crippen molar-refractivity contribution in [3.05, 3.63) is 59.5 Å². The predicted octanol–water partition coefficient (Wildman–Crippen LogP) is 3.46. The average Bonchev–Trinajstić information content (AvgIpc) is 3.01. The zero-order valence-electron chi connectivity index (χ0n) is 13.9. The van der Waals surface area contributed by atoms with Gasteiger partial charge in [-0.25, -0.2) is 4.98 Å². The van der Waals surface area contributed by atoms with Crippen LogP contribution in [-0.4, -0.2) is 25.7 Å². The molecule has 0 aliphatic carbocycles. The zero-order chi connectivity index (χ0) is 18.9. The lowest BCUT2D eigenvalue weighted by Crippen LogP contribution is -2.16. The van der Waals surface area contributed by atoms with Crippen LogP contribution in [0.25, 0.3) is 11.5 Å². The summed E-state index contributed by atoms with van der Waals surface area (Å²) in [6.07, 6.45) is -2.91. The van der Waals surface area contributed by atoms with Crippen LogP contribution < -0.4 is 5.32 Å². The van der Waals surface area contributed by atoms with Crippen molar-refractivity contribution >= 4 is 11.6 Å². The van der Waals surface area contributed by atoms with Crippen LogP contribution in [0.15, 0.2) is 42.7 Å². The second kappa shape index (κ2) is 6.58. The van der Waals surface area contributed by atoms with Crippen LogP contribution in [0.5, 0.6) is 0 Å². The van der Waals surface area contributed by atoms with Crippen LogP contribution in [-0.2, 0) is 13.2 Å². The minimum absolute atomic E-state index is 0.158. The van der Waals surface area contributed by atoms with Crippen LogP contribution >= 0.6 is 0 Å². The minimum atomic E-state index is -4.43. The molecule has 3 aromatic rings. The molecule has 9 heteroatoms. The number of hydrogen-bond acceptors (Lipinski definition) is 4. The molecular formula is C17H14F3N5O. The number of nitrogens with zero attached hydrogens (tertiary/aromatic N) is 4. The topological polar surface area (TPSA) is 72.7 Å². The number of anilines is 1. The molecule has 0 bridgehead atoms. The lowest BCUT2D eigenvalue weighted by molar-refractivity contribution is -0.137. The van der Waals surface area contributed by atoms with Crippen molar-refractivity contribution in [3.63, 3.8) is 0 Å². The Morgan fingerprint density at radius 1 is 1.12 bits per heavy atom. The van der Waals surface area contributed by atoms with Crippen molar-refractivity contribution in [1.82, 2.24) is 19.7 Å². The van der Waals surface area contributed by atoms with Crippen LogP contribution in [0.3, 0.4) is 0 Å². The molecule has 134 valence electrons. The fourth-order valence-corrected chi connectivity index (χ4v) is 2.33. The Balaban J connectivity index is 1.85. The molecule has 0 atom stereocenters. The summed E-state index contributed by atoms with van der Waals surface area (Å²) in [5, 5.41) is 10.3. The predicted molar refractivity (Wildman–Crippen MR) is 88.4 cm³/mol. The van der Waals surface area contributed by atoms with E-state index >= 15 is 0 Å². The summed E-state index contributed by atoms with van der Waals surface area (Å²) in [4.78, 5) is 16.8. The number of alkyl halides is 3.